The minimum absolute atomic E-state index is 0.362. The van der Waals surface area contributed by atoms with E-state index in [2.05, 4.69) is 0 Å². The average Bonchev–Trinajstić information content (AvgIpc) is 2.29. The highest BCUT2D eigenvalue weighted by atomic mass is 32.2. The van der Waals surface area contributed by atoms with Crippen molar-refractivity contribution in [3.05, 3.63) is 48.0 Å². The zero-order chi connectivity index (χ0) is 11.8. The van der Waals surface area contributed by atoms with E-state index in [1.165, 1.54) is 11.8 Å². The summed E-state index contributed by atoms with van der Waals surface area (Å²) in [6.45, 7) is 1.94. The van der Waals surface area contributed by atoms with Crippen molar-refractivity contribution in [2.45, 2.75) is 18.6 Å². The summed E-state index contributed by atoms with van der Waals surface area (Å²) in [5.41, 5.74) is 1.07. The van der Waals surface area contributed by atoms with E-state index in [-0.39, 0.29) is 5.25 Å². The number of hydrogen-bond donors (Lipinski definition) is 1. The van der Waals surface area contributed by atoms with Gasteiger partial charge in [0.05, 0.1) is 0 Å². The number of benzene rings is 1. The summed E-state index contributed by atoms with van der Waals surface area (Å²) in [7, 11) is 0. The zero-order valence-corrected chi connectivity index (χ0v) is 10.1. The Balaban J connectivity index is 2.55. The maximum absolute atomic E-state index is 11.1. The summed E-state index contributed by atoms with van der Waals surface area (Å²) in [4.78, 5) is 11.1. The lowest BCUT2D eigenvalue weighted by atomic mass is 10.1. The van der Waals surface area contributed by atoms with E-state index in [0.29, 0.717) is 6.42 Å². The molecular formula is C13H16O2S. The second-order valence-electron chi connectivity index (χ2n) is 3.42. The van der Waals surface area contributed by atoms with Gasteiger partial charge in [-0.1, -0.05) is 42.5 Å². The van der Waals surface area contributed by atoms with Gasteiger partial charge in [0.1, 0.15) is 5.25 Å². The molecule has 0 heterocycles. The smallest absolute Gasteiger partial charge is 0.316 e. The van der Waals surface area contributed by atoms with Gasteiger partial charge in [-0.15, -0.1) is 11.8 Å². The Hall–Kier alpha value is -1.22. The monoisotopic (exact) mass is 236 g/mol. The van der Waals surface area contributed by atoms with Gasteiger partial charge in [-0.2, -0.15) is 0 Å². The van der Waals surface area contributed by atoms with Crippen molar-refractivity contribution in [2.24, 2.45) is 0 Å². The van der Waals surface area contributed by atoms with Gasteiger partial charge in [-0.25, -0.2) is 0 Å². The van der Waals surface area contributed by atoms with Crippen molar-refractivity contribution in [3.63, 3.8) is 0 Å². The van der Waals surface area contributed by atoms with Crippen LogP contribution in [0.1, 0.15) is 12.5 Å². The van der Waals surface area contributed by atoms with Crippen molar-refractivity contribution < 1.29 is 9.90 Å². The van der Waals surface area contributed by atoms with Crippen LogP contribution >= 0.6 is 11.8 Å². The molecule has 0 spiro atoms. The van der Waals surface area contributed by atoms with Gasteiger partial charge in [-0.3, -0.25) is 4.79 Å². The van der Waals surface area contributed by atoms with Crippen molar-refractivity contribution in [1.82, 2.24) is 0 Å². The van der Waals surface area contributed by atoms with Crippen LogP contribution < -0.4 is 0 Å². The van der Waals surface area contributed by atoms with Crippen LogP contribution in [0.5, 0.6) is 0 Å². The molecule has 0 saturated carbocycles. The molecule has 0 fully saturated rings. The molecule has 1 aromatic carbocycles. The van der Waals surface area contributed by atoms with E-state index >= 15 is 0 Å². The second kappa shape index (κ2) is 7.12. The minimum Gasteiger partial charge on any atom is -0.480 e. The standard InChI is InChI=1S/C13H16O2S/c1-2-3-9-16-12(13(14)15)10-11-7-5-4-6-8-11/h2-8,12H,9-10H2,1H3,(H,14,15)/b3-2+. The lowest BCUT2D eigenvalue weighted by Gasteiger charge is -2.10. The van der Waals surface area contributed by atoms with E-state index in [1.54, 1.807) is 0 Å². The van der Waals surface area contributed by atoms with Crippen molar-refractivity contribution in [3.8, 4) is 0 Å². The fraction of sp³-hybridized carbons (Fsp3) is 0.308. The maximum Gasteiger partial charge on any atom is 0.316 e. The number of thioether (sulfide) groups is 1. The average molecular weight is 236 g/mol. The highest BCUT2D eigenvalue weighted by Gasteiger charge is 2.17. The molecule has 0 saturated heterocycles. The molecular weight excluding hydrogens is 220 g/mol. The van der Waals surface area contributed by atoms with Crippen LogP contribution in [-0.2, 0) is 11.2 Å². The first kappa shape index (κ1) is 12.8. The van der Waals surface area contributed by atoms with Gasteiger partial charge >= 0.3 is 5.97 Å². The Morgan fingerprint density at radius 3 is 2.69 bits per heavy atom. The van der Waals surface area contributed by atoms with Crippen molar-refractivity contribution in [2.75, 3.05) is 5.75 Å². The number of carboxylic acids is 1. The van der Waals surface area contributed by atoms with Gasteiger partial charge in [0.2, 0.25) is 0 Å². The summed E-state index contributed by atoms with van der Waals surface area (Å²) in [5.74, 6) is 0.0127. The summed E-state index contributed by atoms with van der Waals surface area (Å²) in [6.07, 6.45) is 4.50. The van der Waals surface area contributed by atoms with E-state index in [1.807, 2.05) is 49.4 Å². The molecule has 1 aromatic rings. The Morgan fingerprint density at radius 2 is 2.12 bits per heavy atom. The molecule has 0 amide bonds. The van der Waals surface area contributed by atoms with Gasteiger partial charge in [-0.05, 0) is 18.9 Å². The van der Waals surface area contributed by atoms with Gasteiger partial charge in [0.25, 0.3) is 0 Å². The molecule has 0 aliphatic carbocycles. The summed E-state index contributed by atoms with van der Waals surface area (Å²) < 4.78 is 0. The van der Waals surface area contributed by atoms with Crippen LogP contribution in [0.15, 0.2) is 42.5 Å². The lowest BCUT2D eigenvalue weighted by molar-refractivity contribution is -0.136. The van der Waals surface area contributed by atoms with Gasteiger partial charge in [0.15, 0.2) is 0 Å². The molecule has 0 aliphatic heterocycles. The maximum atomic E-state index is 11.1. The molecule has 16 heavy (non-hydrogen) atoms. The number of aliphatic carboxylic acids is 1. The van der Waals surface area contributed by atoms with E-state index < -0.39 is 5.97 Å². The fourth-order valence-electron chi connectivity index (χ4n) is 1.31. The summed E-state index contributed by atoms with van der Waals surface area (Å²) >= 11 is 1.46. The predicted octanol–water partition coefficient (Wildman–Crippen LogP) is 2.99. The zero-order valence-electron chi connectivity index (χ0n) is 9.30. The topological polar surface area (TPSA) is 37.3 Å². The molecule has 0 aliphatic rings. The summed E-state index contributed by atoms with van der Waals surface area (Å²) in [6, 6.07) is 9.74. The number of allylic oxidation sites excluding steroid dienone is 1. The third-order valence-electron chi connectivity index (χ3n) is 2.17. The Morgan fingerprint density at radius 1 is 1.44 bits per heavy atom. The van der Waals surface area contributed by atoms with Crippen LogP contribution in [0.25, 0.3) is 0 Å². The van der Waals surface area contributed by atoms with Crippen LogP contribution in [0.2, 0.25) is 0 Å². The number of carbonyl (C=O) groups is 1. The van der Waals surface area contributed by atoms with Crippen LogP contribution in [0.4, 0.5) is 0 Å². The first-order valence-corrected chi connectivity index (χ1v) is 6.28. The van der Waals surface area contributed by atoms with Crippen molar-refractivity contribution >= 4 is 17.7 Å². The fourth-order valence-corrected chi connectivity index (χ4v) is 2.30. The second-order valence-corrected chi connectivity index (χ2v) is 4.65. The molecule has 3 heteroatoms. The highest BCUT2D eigenvalue weighted by molar-refractivity contribution is 8.00. The molecule has 0 aromatic heterocycles. The normalized spacial score (nSPS) is 12.8. The van der Waals surface area contributed by atoms with E-state index in [9.17, 15) is 4.79 Å². The van der Waals surface area contributed by atoms with Gasteiger partial charge < -0.3 is 5.11 Å². The molecule has 1 rings (SSSR count). The quantitative estimate of drug-likeness (QED) is 0.771. The first-order valence-electron chi connectivity index (χ1n) is 5.23. The Bertz CT molecular complexity index is 346. The van der Waals surface area contributed by atoms with Gasteiger partial charge in [0, 0.05) is 5.75 Å². The van der Waals surface area contributed by atoms with Crippen molar-refractivity contribution in [1.29, 1.82) is 0 Å². The number of rotatable bonds is 6. The van der Waals surface area contributed by atoms with E-state index in [0.717, 1.165) is 11.3 Å². The molecule has 0 bridgehead atoms. The largest absolute Gasteiger partial charge is 0.480 e. The Kier molecular flexibility index (Phi) is 5.72. The molecule has 1 unspecified atom stereocenters. The minimum atomic E-state index is -0.738. The SMILES string of the molecule is C/C=C/CSC(Cc1ccccc1)C(=O)O. The highest BCUT2D eigenvalue weighted by Crippen LogP contribution is 2.17. The van der Waals surface area contributed by atoms with Crippen LogP contribution in [0.3, 0.4) is 0 Å². The first-order chi connectivity index (χ1) is 7.74. The number of hydrogen-bond acceptors (Lipinski definition) is 2. The molecule has 1 N–H and O–H groups in total. The third-order valence-corrected chi connectivity index (χ3v) is 3.32. The van der Waals surface area contributed by atoms with Crippen LogP contribution in [0, 0.1) is 0 Å². The molecule has 2 nitrogen and oxygen atoms in total. The molecule has 86 valence electrons. The lowest BCUT2D eigenvalue weighted by Crippen LogP contribution is -2.19. The predicted molar refractivity (Wildman–Crippen MR) is 68.8 cm³/mol. The third kappa shape index (κ3) is 4.53. The van der Waals surface area contributed by atoms with E-state index in [4.69, 9.17) is 5.11 Å². The number of carboxylic acid groups (broad SMARTS) is 1. The Labute approximate surface area is 100 Å². The molecule has 0 radical (unpaired) electrons. The summed E-state index contributed by atoms with van der Waals surface area (Å²) in [5, 5.41) is 8.73. The molecule has 1 atom stereocenters. The van der Waals surface area contributed by atoms with Crippen LogP contribution in [-0.4, -0.2) is 22.1 Å².